The summed E-state index contributed by atoms with van der Waals surface area (Å²) in [6, 6.07) is 41.2. The molecule has 0 aliphatic rings. The SMILES string of the molecule is CCOC(CC(OCC)OCC)OCC.NN.NNc1nc2[nH]ccc(=O)c2cc1-c1ccc2ncccc2c1.O.O=c1cc[nH]c2nc(-n3cccn3)c(-c3ccc4ncccc4c3)cc12.O=c1cc[nH]c2nc(Cl)c(-c3ccc4ncccc4c3)cc12. The van der Waals surface area contributed by atoms with Gasteiger partial charge < -0.3 is 44.8 Å². The molecule has 10 heterocycles. The number of hydrogen-bond donors (Lipinski definition) is 7. The van der Waals surface area contributed by atoms with Crippen molar-refractivity contribution in [1.82, 2.24) is 54.6 Å². The zero-order chi connectivity index (χ0) is 61.9. The molecular formula is C65H66ClN15O8. The van der Waals surface area contributed by atoms with Crippen molar-refractivity contribution < 1.29 is 24.4 Å². The van der Waals surface area contributed by atoms with Crippen LogP contribution >= 0.6 is 11.6 Å². The summed E-state index contributed by atoms with van der Waals surface area (Å²) in [4.78, 5) is 71.6. The van der Waals surface area contributed by atoms with Crippen molar-refractivity contribution in [2.45, 2.75) is 46.7 Å². The van der Waals surface area contributed by atoms with Gasteiger partial charge in [-0.3, -0.25) is 41.0 Å². The fraction of sp³-hybridized carbons (Fsp3) is 0.169. The Balaban J connectivity index is 0.000000154. The van der Waals surface area contributed by atoms with E-state index in [9.17, 15) is 14.4 Å². The molecule has 3 aromatic carbocycles. The molecule has 456 valence electrons. The lowest BCUT2D eigenvalue weighted by molar-refractivity contribution is -0.207. The second kappa shape index (κ2) is 31.6. The molecule has 0 amide bonds. The molecule has 0 radical (unpaired) electrons. The first-order valence-corrected chi connectivity index (χ1v) is 28.5. The molecule has 13 aromatic rings. The van der Waals surface area contributed by atoms with Crippen molar-refractivity contribution in [2.24, 2.45) is 17.5 Å². The third-order valence-corrected chi connectivity index (χ3v) is 13.8. The molecule has 0 bridgehead atoms. The van der Waals surface area contributed by atoms with Crippen LogP contribution in [0.5, 0.6) is 0 Å². The van der Waals surface area contributed by atoms with Gasteiger partial charge in [0.05, 0.1) is 32.7 Å². The van der Waals surface area contributed by atoms with Crippen LogP contribution < -0.4 is 39.2 Å². The summed E-state index contributed by atoms with van der Waals surface area (Å²) in [6.45, 7) is 10.3. The van der Waals surface area contributed by atoms with Crippen molar-refractivity contribution in [3.63, 3.8) is 0 Å². The van der Waals surface area contributed by atoms with Crippen molar-refractivity contribution in [3.8, 4) is 39.2 Å². The minimum atomic E-state index is -0.233. The highest BCUT2D eigenvalue weighted by molar-refractivity contribution is 6.32. The van der Waals surface area contributed by atoms with Gasteiger partial charge in [0, 0.05) is 133 Å². The molecule has 0 unspecified atom stereocenters. The van der Waals surface area contributed by atoms with Crippen LogP contribution in [0.25, 0.3) is 105 Å². The van der Waals surface area contributed by atoms with E-state index >= 15 is 0 Å². The van der Waals surface area contributed by atoms with Gasteiger partial charge in [-0.05, 0) is 123 Å². The van der Waals surface area contributed by atoms with Crippen LogP contribution in [0.15, 0.2) is 197 Å². The third-order valence-electron chi connectivity index (χ3n) is 13.6. The molecular weight excluding hydrogens is 1150 g/mol. The van der Waals surface area contributed by atoms with Gasteiger partial charge in [0.1, 0.15) is 27.9 Å². The number of aromatic nitrogens is 11. The Bertz CT molecular complexity index is 4640. The number of rotatable bonds is 15. The second-order valence-corrected chi connectivity index (χ2v) is 19.4. The summed E-state index contributed by atoms with van der Waals surface area (Å²) < 4.78 is 23.4. The summed E-state index contributed by atoms with van der Waals surface area (Å²) in [6.07, 6.45) is 13.7. The highest BCUT2D eigenvalue weighted by atomic mass is 35.5. The Kier molecular flexibility index (Phi) is 23.0. The first-order valence-electron chi connectivity index (χ1n) is 28.1. The fourth-order valence-electron chi connectivity index (χ4n) is 9.57. The highest BCUT2D eigenvalue weighted by Crippen LogP contribution is 2.33. The Hall–Kier alpha value is -10.1. The number of nitrogens with zero attached hydrogens (tertiary/aromatic N) is 8. The van der Waals surface area contributed by atoms with Gasteiger partial charge in [0.15, 0.2) is 34.7 Å². The largest absolute Gasteiger partial charge is 0.412 e. The first kappa shape index (κ1) is 64.9. The third kappa shape index (κ3) is 15.8. The van der Waals surface area contributed by atoms with Crippen LogP contribution in [-0.2, 0) is 18.9 Å². The Morgan fingerprint density at radius 2 is 0.910 bits per heavy atom. The van der Waals surface area contributed by atoms with Gasteiger partial charge in [-0.15, -0.1) is 0 Å². The quantitative estimate of drug-likeness (QED) is 0.0217. The van der Waals surface area contributed by atoms with E-state index < -0.39 is 0 Å². The average molecular weight is 1220 g/mol. The fourth-order valence-corrected chi connectivity index (χ4v) is 9.82. The number of anilines is 1. The van der Waals surface area contributed by atoms with Crippen LogP contribution in [-0.4, -0.2) is 99.1 Å². The first-order chi connectivity index (χ1) is 43.0. The van der Waals surface area contributed by atoms with E-state index in [4.69, 9.17) is 36.4 Å². The van der Waals surface area contributed by atoms with E-state index in [0.717, 1.165) is 66.1 Å². The number of nitrogen functional groups attached to an aromatic ring is 1. The Morgan fingerprint density at radius 1 is 0.506 bits per heavy atom. The van der Waals surface area contributed by atoms with Gasteiger partial charge in [0.25, 0.3) is 0 Å². The molecule has 10 aromatic heterocycles. The summed E-state index contributed by atoms with van der Waals surface area (Å²) in [5.41, 5.74) is 11.7. The number of hydrazine groups is 2. The highest BCUT2D eigenvalue weighted by Gasteiger charge is 2.18. The zero-order valence-electron chi connectivity index (χ0n) is 49.1. The molecule has 24 heteroatoms. The van der Waals surface area contributed by atoms with Crippen LogP contribution in [0, 0.1) is 0 Å². The number of pyridine rings is 9. The zero-order valence-corrected chi connectivity index (χ0v) is 49.8. The number of H-pyrrole nitrogens is 3. The minimum Gasteiger partial charge on any atom is -0.412 e. The monoisotopic (exact) mass is 1220 g/mol. The topological polar surface area (TPSA) is 352 Å². The Labute approximate surface area is 514 Å². The number of nitrogens with two attached hydrogens (primary N) is 3. The molecule has 89 heavy (non-hydrogen) atoms. The van der Waals surface area contributed by atoms with Gasteiger partial charge in [-0.1, -0.05) is 48.0 Å². The van der Waals surface area contributed by atoms with Crippen LogP contribution in [0.2, 0.25) is 5.15 Å². The summed E-state index contributed by atoms with van der Waals surface area (Å²) in [5, 5.41) is 9.31. The second-order valence-electron chi connectivity index (χ2n) is 19.0. The predicted molar refractivity (Wildman–Crippen MR) is 350 cm³/mol. The molecule has 0 aliphatic heterocycles. The minimum absolute atomic E-state index is 0. The van der Waals surface area contributed by atoms with Gasteiger partial charge in [0.2, 0.25) is 0 Å². The van der Waals surface area contributed by atoms with Crippen molar-refractivity contribution in [3.05, 3.63) is 219 Å². The maximum absolute atomic E-state index is 12.3. The maximum atomic E-state index is 12.3. The van der Waals surface area contributed by atoms with Crippen LogP contribution in [0.1, 0.15) is 34.1 Å². The summed E-state index contributed by atoms with van der Waals surface area (Å²) >= 11 is 6.29. The van der Waals surface area contributed by atoms with E-state index in [1.807, 2.05) is 131 Å². The van der Waals surface area contributed by atoms with Crippen LogP contribution in [0.3, 0.4) is 0 Å². The summed E-state index contributed by atoms with van der Waals surface area (Å²) in [5.74, 6) is 14.8. The van der Waals surface area contributed by atoms with Crippen molar-refractivity contribution in [2.75, 3.05) is 31.9 Å². The molecule has 23 nitrogen and oxygen atoms in total. The molecule has 0 fully saturated rings. The predicted octanol–water partition coefficient (Wildman–Crippen LogP) is 9.71. The van der Waals surface area contributed by atoms with Gasteiger partial charge >= 0.3 is 0 Å². The number of benzene rings is 3. The molecule has 13 rings (SSSR count). The molecule has 0 atom stereocenters. The molecule has 12 N–H and O–H groups in total. The summed E-state index contributed by atoms with van der Waals surface area (Å²) in [7, 11) is 0. The molecule has 0 aliphatic carbocycles. The molecule has 0 saturated heterocycles. The number of aromatic amines is 3. The van der Waals surface area contributed by atoms with E-state index in [-0.39, 0.29) is 34.3 Å². The molecule has 0 spiro atoms. The van der Waals surface area contributed by atoms with Crippen LogP contribution in [0.4, 0.5) is 5.82 Å². The van der Waals surface area contributed by atoms with Gasteiger partial charge in [-0.25, -0.2) is 25.5 Å². The number of ether oxygens (including phenoxy) is 4. The lowest BCUT2D eigenvalue weighted by atomic mass is 10.0. The van der Waals surface area contributed by atoms with Gasteiger partial charge in [-0.2, -0.15) is 5.10 Å². The average Bonchev–Trinajstić information content (AvgIpc) is 1.78. The standard InChI is InChI=1S/C20H13N5O.C17H10ClN3O.C17H13N5O.C11H24O4.H4N2.H2O/c26-18-6-9-22-19-16(18)12-15(20(24-19)25-10-2-8-23-25)13-4-5-17-14(11-13)3-1-7-21-17;18-16-12(9-13-15(22)5-7-20-17(13)21-16)10-3-4-14-11(8-10)2-1-6-19-14;18-22-17-12(9-13-15(23)5-7-20-16(13)21-17)10-3-4-14-11(8-10)2-1-6-19-14;1-5-12-10(13-6-2)9-11(14-7-3)15-8-4;1-2;/h1-12H,(H,22,24,26);1-9H,(H,20,21,22);1-9H,18H2,(H2,20,21,22,23);10-11H,5-9H2,1-4H3;1-2H2;1H2. The van der Waals surface area contributed by atoms with E-state index in [1.165, 1.54) is 18.2 Å². The number of halogens is 1. The number of nitrogens with one attached hydrogen (secondary N) is 4. The normalized spacial score (nSPS) is 10.9. The smallest absolute Gasteiger partial charge is 0.191 e. The van der Waals surface area contributed by atoms with E-state index in [2.05, 4.69) is 73.1 Å². The van der Waals surface area contributed by atoms with E-state index in [1.54, 1.807) is 60.2 Å². The van der Waals surface area contributed by atoms with Crippen molar-refractivity contribution in [1.29, 1.82) is 0 Å². The lowest BCUT2D eigenvalue weighted by Gasteiger charge is -2.23. The molecule has 0 saturated carbocycles. The Morgan fingerprint density at radius 3 is 1.34 bits per heavy atom. The number of hydrogen-bond acceptors (Lipinski definition) is 18. The lowest BCUT2D eigenvalue weighted by Crippen LogP contribution is -2.28. The van der Waals surface area contributed by atoms with E-state index in [0.29, 0.717) is 82.7 Å². The number of fused-ring (bicyclic) bond motifs is 6. The van der Waals surface area contributed by atoms with Crippen molar-refractivity contribution >= 4 is 83.2 Å². The maximum Gasteiger partial charge on any atom is 0.191 e.